The molecule has 0 atom stereocenters. The van der Waals surface area contributed by atoms with Crippen LogP contribution in [0.4, 0.5) is 5.82 Å². The predicted octanol–water partition coefficient (Wildman–Crippen LogP) is 4.83. The molecule has 3 aromatic rings. The van der Waals surface area contributed by atoms with E-state index >= 15 is 0 Å². The number of anilines is 1. The number of H-pyrrole nitrogens is 1. The van der Waals surface area contributed by atoms with E-state index in [1.165, 1.54) is 0 Å². The number of nitrogens with one attached hydrogen (secondary N) is 2. The molecular weight excluding hydrogens is 338 g/mol. The molecule has 3 N–H and O–H groups in total. The number of hydrogen-bond acceptors (Lipinski definition) is 5. The molecule has 0 radical (unpaired) electrons. The fourth-order valence-corrected chi connectivity index (χ4v) is 2.57. The van der Waals surface area contributed by atoms with Crippen molar-refractivity contribution in [3.8, 4) is 11.3 Å². The van der Waals surface area contributed by atoms with Crippen LogP contribution in [0.25, 0.3) is 22.4 Å². The summed E-state index contributed by atoms with van der Waals surface area (Å²) in [5, 5.41) is 10.8. The van der Waals surface area contributed by atoms with Crippen LogP contribution >= 0.6 is 0 Å². The molecule has 0 unspecified atom stereocenters. The van der Waals surface area contributed by atoms with E-state index in [-0.39, 0.29) is 6.61 Å². The van der Waals surface area contributed by atoms with Crippen molar-refractivity contribution in [3.63, 3.8) is 0 Å². The molecule has 3 heterocycles. The number of nitrogens with zero attached hydrogens (tertiary/aromatic N) is 3. The number of aliphatic hydroxyl groups is 1. The Bertz CT molecular complexity index is 855. The van der Waals surface area contributed by atoms with Gasteiger partial charge < -0.3 is 15.4 Å². The van der Waals surface area contributed by atoms with Crippen molar-refractivity contribution in [1.82, 2.24) is 19.9 Å². The van der Waals surface area contributed by atoms with Crippen LogP contribution in [0.15, 0.2) is 18.3 Å². The fraction of sp³-hybridized carbons (Fsp3) is 0.476. The van der Waals surface area contributed by atoms with Crippen molar-refractivity contribution in [2.24, 2.45) is 0 Å². The lowest BCUT2D eigenvalue weighted by Crippen LogP contribution is -2.03. The molecule has 0 saturated heterocycles. The molecule has 3 rings (SSSR count). The minimum absolute atomic E-state index is 0.250. The van der Waals surface area contributed by atoms with Gasteiger partial charge in [-0.25, -0.2) is 15.0 Å². The van der Waals surface area contributed by atoms with Gasteiger partial charge in [0, 0.05) is 31.1 Å². The van der Waals surface area contributed by atoms with Crippen LogP contribution in [0.5, 0.6) is 0 Å². The Morgan fingerprint density at radius 2 is 1.74 bits per heavy atom. The maximum atomic E-state index is 7.57. The van der Waals surface area contributed by atoms with E-state index in [2.05, 4.69) is 41.3 Å². The normalized spacial score (nSPS) is 10.1. The standard InChI is InChI=1S/C17H21N5.C2H6O.C2H6/c1-9(2)13-7-6-12(16(18-5)21-13)15-11(4)20-17-14(22-15)10(3)8-19-17;1-2-3;1-2/h6-9H,1-5H3,(H,18,21)(H,19,20);3H,2H2,1H3;1-2H3. The Labute approximate surface area is 162 Å². The molecule has 0 aliphatic rings. The van der Waals surface area contributed by atoms with Crippen molar-refractivity contribution in [3.05, 3.63) is 35.3 Å². The van der Waals surface area contributed by atoms with Gasteiger partial charge in [0.25, 0.3) is 0 Å². The van der Waals surface area contributed by atoms with Crippen LogP contribution in [0.2, 0.25) is 0 Å². The van der Waals surface area contributed by atoms with Gasteiger partial charge in [0.15, 0.2) is 5.65 Å². The quantitative estimate of drug-likeness (QED) is 0.614. The molecule has 27 heavy (non-hydrogen) atoms. The number of fused-ring (bicyclic) bond motifs is 1. The molecule has 148 valence electrons. The van der Waals surface area contributed by atoms with E-state index in [0.717, 1.165) is 45.2 Å². The van der Waals surface area contributed by atoms with Gasteiger partial charge in [0.05, 0.1) is 11.4 Å². The summed E-state index contributed by atoms with van der Waals surface area (Å²) in [5.41, 5.74) is 6.66. The first kappa shape index (κ1) is 22.6. The lowest BCUT2D eigenvalue weighted by molar-refractivity contribution is 0.318. The van der Waals surface area contributed by atoms with Crippen LogP contribution in [0.3, 0.4) is 0 Å². The summed E-state index contributed by atoms with van der Waals surface area (Å²) >= 11 is 0. The average molecular weight is 372 g/mol. The fourth-order valence-electron chi connectivity index (χ4n) is 2.57. The lowest BCUT2D eigenvalue weighted by Gasteiger charge is -2.13. The van der Waals surface area contributed by atoms with Gasteiger partial charge in [0.2, 0.25) is 0 Å². The number of rotatable bonds is 3. The molecule has 0 aliphatic carbocycles. The van der Waals surface area contributed by atoms with Crippen molar-refractivity contribution in [2.45, 2.75) is 54.4 Å². The molecular formula is C21H33N5O. The third-order valence-corrected chi connectivity index (χ3v) is 3.87. The highest BCUT2D eigenvalue weighted by molar-refractivity contribution is 5.82. The topological polar surface area (TPSA) is 86.7 Å². The van der Waals surface area contributed by atoms with Gasteiger partial charge >= 0.3 is 0 Å². The SMILES string of the molecule is CC.CCO.CNc1nc(C(C)C)ccc1-c1nc2c(C)c[nH]c2nc1C. The van der Waals surface area contributed by atoms with Crippen LogP contribution < -0.4 is 5.32 Å². The minimum atomic E-state index is 0.250. The smallest absolute Gasteiger partial charge is 0.156 e. The number of pyridine rings is 1. The average Bonchev–Trinajstić information content (AvgIpc) is 3.02. The Kier molecular flexibility index (Phi) is 8.88. The van der Waals surface area contributed by atoms with Crippen molar-refractivity contribution >= 4 is 17.0 Å². The predicted molar refractivity (Wildman–Crippen MR) is 114 cm³/mol. The van der Waals surface area contributed by atoms with E-state index in [1.807, 2.05) is 40.9 Å². The summed E-state index contributed by atoms with van der Waals surface area (Å²) in [6.07, 6.45) is 1.94. The second-order valence-electron chi connectivity index (χ2n) is 6.18. The highest BCUT2D eigenvalue weighted by Gasteiger charge is 2.15. The lowest BCUT2D eigenvalue weighted by atomic mass is 10.1. The van der Waals surface area contributed by atoms with E-state index < -0.39 is 0 Å². The minimum Gasteiger partial charge on any atom is -0.397 e. The summed E-state index contributed by atoms with van der Waals surface area (Å²) in [4.78, 5) is 17.3. The zero-order valence-electron chi connectivity index (χ0n) is 17.8. The van der Waals surface area contributed by atoms with E-state index in [9.17, 15) is 0 Å². The number of aromatic nitrogens is 4. The summed E-state index contributed by atoms with van der Waals surface area (Å²) in [5.74, 6) is 1.24. The first-order valence-electron chi connectivity index (χ1n) is 9.55. The Morgan fingerprint density at radius 3 is 2.30 bits per heavy atom. The summed E-state index contributed by atoms with van der Waals surface area (Å²) < 4.78 is 0. The van der Waals surface area contributed by atoms with Crippen LogP contribution in [-0.2, 0) is 0 Å². The monoisotopic (exact) mass is 371 g/mol. The number of aryl methyl sites for hydroxylation is 2. The molecule has 0 aliphatic heterocycles. The zero-order valence-corrected chi connectivity index (χ0v) is 17.8. The first-order chi connectivity index (χ1) is 12.9. The second kappa shape index (κ2) is 10.6. The molecule has 0 bridgehead atoms. The van der Waals surface area contributed by atoms with Gasteiger partial charge in [-0.15, -0.1) is 0 Å². The van der Waals surface area contributed by atoms with Crippen LogP contribution in [-0.4, -0.2) is 38.7 Å². The molecule has 0 aromatic carbocycles. The molecule has 0 fully saturated rings. The van der Waals surface area contributed by atoms with Gasteiger partial charge in [-0.2, -0.15) is 0 Å². The number of hydrogen-bond donors (Lipinski definition) is 3. The Morgan fingerprint density at radius 1 is 1.11 bits per heavy atom. The van der Waals surface area contributed by atoms with Crippen LogP contribution in [0.1, 0.15) is 57.5 Å². The molecule has 0 spiro atoms. The molecule has 0 saturated carbocycles. The first-order valence-corrected chi connectivity index (χ1v) is 9.55. The van der Waals surface area contributed by atoms with Gasteiger partial charge in [-0.3, -0.25) is 0 Å². The van der Waals surface area contributed by atoms with E-state index in [0.29, 0.717) is 5.92 Å². The van der Waals surface area contributed by atoms with Crippen molar-refractivity contribution in [2.75, 3.05) is 19.0 Å². The maximum Gasteiger partial charge on any atom is 0.156 e. The Hall–Kier alpha value is -2.47. The maximum absolute atomic E-state index is 7.57. The summed E-state index contributed by atoms with van der Waals surface area (Å²) in [7, 11) is 1.89. The van der Waals surface area contributed by atoms with Crippen molar-refractivity contribution in [1.29, 1.82) is 0 Å². The van der Waals surface area contributed by atoms with E-state index in [4.69, 9.17) is 15.1 Å². The molecule has 6 heteroatoms. The molecule has 6 nitrogen and oxygen atoms in total. The third-order valence-electron chi connectivity index (χ3n) is 3.87. The number of aromatic amines is 1. The Balaban J connectivity index is 0.000000665. The zero-order chi connectivity index (χ0) is 20.6. The highest BCUT2D eigenvalue weighted by atomic mass is 16.2. The summed E-state index contributed by atoms with van der Waals surface area (Å²) in [6.45, 7) is 14.2. The number of aliphatic hydroxyl groups excluding tert-OH is 1. The van der Waals surface area contributed by atoms with Gasteiger partial charge in [-0.05, 0) is 44.4 Å². The highest BCUT2D eigenvalue weighted by Crippen LogP contribution is 2.30. The largest absolute Gasteiger partial charge is 0.397 e. The van der Waals surface area contributed by atoms with Gasteiger partial charge in [0.1, 0.15) is 11.3 Å². The molecule has 0 amide bonds. The summed E-state index contributed by atoms with van der Waals surface area (Å²) in [6, 6.07) is 4.15. The van der Waals surface area contributed by atoms with Crippen LogP contribution in [0, 0.1) is 13.8 Å². The van der Waals surface area contributed by atoms with E-state index in [1.54, 1.807) is 6.92 Å². The third kappa shape index (κ3) is 5.26. The second-order valence-corrected chi connectivity index (χ2v) is 6.18. The molecule has 3 aromatic heterocycles. The van der Waals surface area contributed by atoms with Gasteiger partial charge in [-0.1, -0.05) is 27.7 Å². The van der Waals surface area contributed by atoms with Crippen molar-refractivity contribution < 1.29 is 5.11 Å².